The van der Waals surface area contributed by atoms with E-state index in [0.29, 0.717) is 25.0 Å². The highest BCUT2D eigenvalue weighted by molar-refractivity contribution is 8.13. The molecule has 2 aromatic carbocycles. The first-order chi connectivity index (χ1) is 12.8. The molecule has 136 valence electrons. The molecule has 3 rings (SSSR count). The predicted molar refractivity (Wildman–Crippen MR) is 105 cm³/mol. The second-order valence-corrected chi connectivity index (χ2v) is 6.50. The largest absolute Gasteiger partial charge is 0.488 e. The second kappa shape index (κ2) is 9.96. The van der Waals surface area contributed by atoms with Gasteiger partial charge < -0.3 is 19.9 Å². The number of hydrogen-bond donors (Lipinski definition) is 1. The smallest absolute Gasteiger partial charge is 0.191 e. The first-order valence-electron chi connectivity index (χ1n) is 8.29. The van der Waals surface area contributed by atoms with Crippen LogP contribution in [0.3, 0.4) is 0 Å². The summed E-state index contributed by atoms with van der Waals surface area (Å²) < 4.78 is 16.3. The van der Waals surface area contributed by atoms with E-state index in [1.165, 1.54) is 17.3 Å². The highest BCUT2D eigenvalue weighted by atomic mass is 32.2. The van der Waals surface area contributed by atoms with E-state index in [1.807, 2.05) is 42.5 Å². The third-order valence-electron chi connectivity index (χ3n) is 3.55. The maximum absolute atomic E-state index is 5.86. The molecule has 6 nitrogen and oxygen atoms in total. The summed E-state index contributed by atoms with van der Waals surface area (Å²) in [7, 11) is 0. The Hall–Kier alpha value is -2.35. The van der Waals surface area contributed by atoms with Gasteiger partial charge in [-0.25, -0.2) is 0 Å². The molecule has 1 heterocycles. The van der Waals surface area contributed by atoms with E-state index in [4.69, 9.17) is 19.9 Å². The number of benzene rings is 2. The van der Waals surface area contributed by atoms with Crippen molar-refractivity contribution in [3.63, 3.8) is 0 Å². The van der Waals surface area contributed by atoms with Gasteiger partial charge in [0.05, 0.1) is 19.4 Å². The van der Waals surface area contributed by atoms with Gasteiger partial charge in [0.25, 0.3) is 0 Å². The van der Waals surface area contributed by atoms with Gasteiger partial charge in [0.15, 0.2) is 11.5 Å². The lowest BCUT2D eigenvalue weighted by molar-refractivity contribution is -0.0684. The average molecular weight is 371 g/mol. The molecule has 0 radical (unpaired) electrons. The number of nitrogens with two attached hydrogens (primary N) is 1. The molecule has 1 saturated heterocycles. The maximum Gasteiger partial charge on any atom is 0.191 e. The fourth-order valence-corrected chi connectivity index (χ4v) is 2.84. The topological polar surface area (TPSA) is 78.4 Å². The molecule has 0 unspecified atom stereocenters. The summed E-state index contributed by atoms with van der Waals surface area (Å²) in [6.07, 6.45) is 1.38. The summed E-state index contributed by atoms with van der Waals surface area (Å²) in [4.78, 5) is 0. The van der Waals surface area contributed by atoms with Gasteiger partial charge in [0.2, 0.25) is 0 Å². The number of thioether (sulfide) groups is 1. The Kier molecular flexibility index (Phi) is 7.06. The summed E-state index contributed by atoms with van der Waals surface area (Å²) in [5.74, 6) is 1.52. The molecule has 1 fully saturated rings. The van der Waals surface area contributed by atoms with E-state index in [2.05, 4.69) is 22.3 Å². The molecule has 0 amide bonds. The van der Waals surface area contributed by atoms with Crippen LogP contribution in [0.25, 0.3) is 0 Å². The Labute approximate surface area is 157 Å². The van der Waals surface area contributed by atoms with Crippen LogP contribution in [-0.2, 0) is 15.2 Å². The van der Waals surface area contributed by atoms with E-state index < -0.39 is 0 Å². The summed E-state index contributed by atoms with van der Waals surface area (Å²) in [5.41, 5.74) is 7.97. The van der Waals surface area contributed by atoms with Gasteiger partial charge in [-0.3, -0.25) is 0 Å². The highest BCUT2D eigenvalue weighted by Crippen LogP contribution is 2.14. The van der Waals surface area contributed by atoms with Crippen molar-refractivity contribution in [2.75, 3.05) is 19.8 Å². The fraction of sp³-hybridized carbons (Fsp3) is 0.263. The maximum atomic E-state index is 5.86. The summed E-state index contributed by atoms with van der Waals surface area (Å²) in [6, 6.07) is 17.6. The van der Waals surface area contributed by atoms with Crippen LogP contribution in [0.2, 0.25) is 0 Å². The Morgan fingerprint density at radius 3 is 2.58 bits per heavy atom. The van der Waals surface area contributed by atoms with Crippen molar-refractivity contribution in [3.8, 4) is 5.75 Å². The first kappa shape index (κ1) is 18.4. The number of nitrogens with zero attached hydrogens (tertiary/aromatic N) is 2. The Morgan fingerprint density at radius 2 is 1.85 bits per heavy atom. The quantitative estimate of drug-likeness (QED) is 0.460. The van der Waals surface area contributed by atoms with Gasteiger partial charge in [-0.05, 0) is 35.4 Å². The third-order valence-corrected chi connectivity index (χ3v) is 4.40. The van der Waals surface area contributed by atoms with E-state index in [-0.39, 0.29) is 6.29 Å². The summed E-state index contributed by atoms with van der Waals surface area (Å²) >= 11 is 1.46. The van der Waals surface area contributed by atoms with E-state index in [9.17, 15) is 0 Å². The van der Waals surface area contributed by atoms with Crippen LogP contribution in [0.15, 0.2) is 64.8 Å². The lowest BCUT2D eigenvalue weighted by Gasteiger charge is -2.10. The van der Waals surface area contributed by atoms with Crippen molar-refractivity contribution < 1.29 is 14.2 Å². The highest BCUT2D eigenvalue weighted by Gasteiger charge is 2.16. The Bertz CT molecular complexity index is 729. The number of ether oxygens (including phenoxy) is 3. The molecule has 2 aromatic rings. The minimum atomic E-state index is -0.276. The van der Waals surface area contributed by atoms with Gasteiger partial charge in [-0.2, -0.15) is 5.10 Å². The van der Waals surface area contributed by atoms with Crippen LogP contribution in [0.5, 0.6) is 5.75 Å². The van der Waals surface area contributed by atoms with E-state index >= 15 is 0 Å². The van der Waals surface area contributed by atoms with Crippen LogP contribution in [-0.4, -0.2) is 37.5 Å². The minimum absolute atomic E-state index is 0.276. The van der Waals surface area contributed by atoms with Gasteiger partial charge in [0.1, 0.15) is 12.4 Å². The van der Waals surface area contributed by atoms with Crippen molar-refractivity contribution >= 4 is 23.1 Å². The Morgan fingerprint density at radius 1 is 1.12 bits per heavy atom. The molecule has 0 saturated carbocycles. The van der Waals surface area contributed by atoms with Gasteiger partial charge in [-0.1, -0.05) is 42.1 Å². The molecule has 0 spiro atoms. The number of hydrogen-bond acceptors (Lipinski definition) is 6. The zero-order chi connectivity index (χ0) is 18.0. The first-order valence-corrected chi connectivity index (χ1v) is 9.27. The monoisotopic (exact) mass is 371 g/mol. The summed E-state index contributed by atoms with van der Waals surface area (Å²) in [6.45, 7) is 1.63. The van der Waals surface area contributed by atoms with Crippen LogP contribution in [0.1, 0.15) is 11.1 Å². The van der Waals surface area contributed by atoms with Crippen LogP contribution < -0.4 is 10.5 Å². The Balaban J connectivity index is 1.43. The normalized spacial score (nSPS) is 15.6. The zero-order valence-corrected chi connectivity index (χ0v) is 15.1. The zero-order valence-electron chi connectivity index (χ0n) is 14.3. The molecule has 0 aliphatic carbocycles. The molecule has 2 N–H and O–H groups in total. The lowest BCUT2D eigenvalue weighted by Crippen LogP contribution is -2.18. The standard InChI is InChI=1S/C19H21N3O3S/c20-19(26-14-16-4-2-1-3-5-16)22-21-12-15-6-8-17(9-7-15)25-13-18-23-10-11-24-18/h1-9,12,18H,10-11,13-14H2,(H2,20,22). The van der Waals surface area contributed by atoms with Crippen LogP contribution >= 0.6 is 11.8 Å². The minimum Gasteiger partial charge on any atom is -0.488 e. The number of amidine groups is 1. The van der Waals surface area contributed by atoms with Crippen LogP contribution in [0.4, 0.5) is 0 Å². The van der Waals surface area contributed by atoms with Crippen molar-refractivity contribution in [2.45, 2.75) is 12.0 Å². The van der Waals surface area contributed by atoms with Crippen molar-refractivity contribution in [1.29, 1.82) is 0 Å². The molecule has 0 bridgehead atoms. The average Bonchev–Trinajstić information content (AvgIpc) is 3.20. The van der Waals surface area contributed by atoms with Crippen LogP contribution in [0, 0.1) is 0 Å². The SMILES string of the molecule is NC(=NN=Cc1ccc(OCC2OCCO2)cc1)SCc1ccccc1. The predicted octanol–water partition coefficient (Wildman–Crippen LogP) is 3.02. The molecular weight excluding hydrogens is 350 g/mol. The summed E-state index contributed by atoms with van der Waals surface area (Å²) in [5, 5.41) is 8.47. The molecule has 26 heavy (non-hydrogen) atoms. The molecular formula is C19H21N3O3S. The molecule has 1 aliphatic heterocycles. The number of rotatable bonds is 7. The third kappa shape index (κ3) is 6.18. The van der Waals surface area contributed by atoms with Gasteiger partial charge in [0, 0.05) is 5.75 Å². The van der Waals surface area contributed by atoms with Crippen molar-refractivity contribution in [3.05, 3.63) is 65.7 Å². The lowest BCUT2D eigenvalue weighted by atomic mass is 10.2. The van der Waals surface area contributed by atoms with Crippen molar-refractivity contribution in [1.82, 2.24) is 0 Å². The van der Waals surface area contributed by atoms with E-state index in [0.717, 1.165) is 17.1 Å². The van der Waals surface area contributed by atoms with Gasteiger partial charge in [-0.15, -0.1) is 5.10 Å². The fourth-order valence-electron chi connectivity index (χ4n) is 2.23. The second-order valence-electron chi connectivity index (χ2n) is 5.51. The van der Waals surface area contributed by atoms with Gasteiger partial charge >= 0.3 is 0 Å². The van der Waals surface area contributed by atoms with E-state index in [1.54, 1.807) is 6.21 Å². The molecule has 1 aliphatic rings. The van der Waals surface area contributed by atoms with Crippen molar-refractivity contribution in [2.24, 2.45) is 15.9 Å². The molecule has 0 atom stereocenters. The molecule has 7 heteroatoms. The molecule has 0 aromatic heterocycles.